The molecule has 0 saturated carbocycles. The van der Waals surface area contributed by atoms with Gasteiger partial charge < -0.3 is 15.4 Å². The van der Waals surface area contributed by atoms with E-state index in [0.717, 1.165) is 4.88 Å². The fourth-order valence-corrected chi connectivity index (χ4v) is 2.98. The predicted octanol–water partition coefficient (Wildman–Crippen LogP) is 3.25. The highest BCUT2D eigenvalue weighted by atomic mass is 32.1. The Kier molecular flexibility index (Phi) is 8.00. The van der Waals surface area contributed by atoms with Crippen molar-refractivity contribution in [1.82, 2.24) is 5.32 Å². The number of thiophene rings is 1. The molecular weight excluding hydrogens is 364 g/mol. The second-order valence-corrected chi connectivity index (χ2v) is 7.47. The molecule has 1 aromatic carbocycles. The van der Waals surface area contributed by atoms with Crippen molar-refractivity contribution >= 4 is 34.8 Å². The molecule has 0 radical (unpaired) electrons. The molecule has 1 aromatic heterocycles. The summed E-state index contributed by atoms with van der Waals surface area (Å²) < 4.78 is 5.01. The lowest BCUT2D eigenvalue weighted by atomic mass is 10.1. The number of amides is 2. The largest absolute Gasteiger partial charge is 0.456 e. The van der Waals surface area contributed by atoms with Gasteiger partial charge in [-0.25, -0.2) is 0 Å². The minimum Gasteiger partial charge on any atom is -0.456 e. The molecule has 0 aliphatic carbocycles. The molecule has 0 spiro atoms. The van der Waals surface area contributed by atoms with E-state index < -0.39 is 11.9 Å². The van der Waals surface area contributed by atoms with E-state index in [2.05, 4.69) is 10.6 Å². The maximum Gasteiger partial charge on any atom is 0.306 e. The van der Waals surface area contributed by atoms with Gasteiger partial charge in [-0.3, -0.25) is 14.4 Å². The lowest BCUT2D eigenvalue weighted by Gasteiger charge is -2.12. The van der Waals surface area contributed by atoms with Crippen molar-refractivity contribution in [3.05, 3.63) is 52.2 Å². The maximum absolute atomic E-state index is 12.3. The van der Waals surface area contributed by atoms with Crippen LogP contribution in [-0.2, 0) is 20.7 Å². The number of carbonyl (C=O) groups excluding carboxylic acids is 3. The molecule has 2 amide bonds. The summed E-state index contributed by atoms with van der Waals surface area (Å²) in [6, 6.07) is 10.6. The molecular formula is C20H24N2O4S. The third kappa shape index (κ3) is 7.22. The van der Waals surface area contributed by atoms with Gasteiger partial charge in [-0.05, 0) is 35.9 Å². The Labute approximate surface area is 162 Å². The van der Waals surface area contributed by atoms with E-state index in [4.69, 9.17) is 4.74 Å². The van der Waals surface area contributed by atoms with Gasteiger partial charge in [0.05, 0.1) is 17.7 Å². The number of nitrogens with one attached hydrogen (secondary N) is 2. The van der Waals surface area contributed by atoms with Gasteiger partial charge in [-0.15, -0.1) is 11.3 Å². The Bertz CT molecular complexity index is 772. The van der Waals surface area contributed by atoms with Crippen LogP contribution >= 0.6 is 11.3 Å². The molecule has 0 bridgehead atoms. The molecule has 0 aliphatic heterocycles. The fourth-order valence-electron chi connectivity index (χ4n) is 2.27. The van der Waals surface area contributed by atoms with Crippen LogP contribution in [0.4, 0.5) is 5.69 Å². The van der Waals surface area contributed by atoms with Gasteiger partial charge >= 0.3 is 5.97 Å². The summed E-state index contributed by atoms with van der Waals surface area (Å²) in [4.78, 5) is 37.2. The van der Waals surface area contributed by atoms with Gasteiger partial charge in [0.1, 0.15) is 0 Å². The van der Waals surface area contributed by atoms with Crippen LogP contribution < -0.4 is 10.6 Å². The minimum absolute atomic E-state index is 0.224. The van der Waals surface area contributed by atoms with Crippen molar-refractivity contribution < 1.29 is 19.1 Å². The van der Waals surface area contributed by atoms with Gasteiger partial charge in [0, 0.05) is 11.4 Å². The number of esters is 1. The SMILES string of the molecule is CC(C)CNC(=O)c1ccccc1NC(=O)COC(=O)CCc1cccs1. The summed E-state index contributed by atoms with van der Waals surface area (Å²) in [5.41, 5.74) is 0.758. The van der Waals surface area contributed by atoms with Crippen LogP contribution in [0.2, 0.25) is 0 Å². The van der Waals surface area contributed by atoms with E-state index in [0.29, 0.717) is 30.1 Å². The number of para-hydroxylation sites is 1. The number of benzene rings is 1. The van der Waals surface area contributed by atoms with Crippen LogP contribution in [0.3, 0.4) is 0 Å². The van der Waals surface area contributed by atoms with Gasteiger partial charge in [-0.1, -0.05) is 32.0 Å². The zero-order valence-electron chi connectivity index (χ0n) is 15.5. The van der Waals surface area contributed by atoms with Crippen molar-refractivity contribution in [3.63, 3.8) is 0 Å². The van der Waals surface area contributed by atoms with Crippen molar-refractivity contribution in [2.24, 2.45) is 5.92 Å². The molecule has 2 aromatic rings. The molecule has 0 atom stereocenters. The van der Waals surface area contributed by atoms with Crippen molar-refractivity contribution in [1.29, 1.82) is 0 Å². The van der Waals surface area contributed by atoms with Crippen molar-refractivity contribution in [2.45, 2.75) is 26.7 Å². The molecule has 0 saturated heterocycles. The first-order chi connectivity index (χ1) is 13.0. The second-order valence-electron chi connectivity index (χ2n) is 6.44. The maximum atomic E-state index is 12.3. The second kappa shape index (κ2) is 10.5. The van der Waals surface area contributed by atoms with Gasteiger partial charge in [-0.2, -0.15) is 0 Å². The van der Waals surface area contributed by atoms with Gasteiger partial charge in [0.25, 0.3) is 11.8 Å². The lowest BCUT2D eigenvalue weighted by molar-refractivity contribution is -0.147. The average molecular weight is 388 g/mol. The summed E-state index contributed by atoms with van der Waals surface area (Å²) in [5, 5.41) is 7.39. The van der Waals surface area contributed by atoms with E-state index in [1.807, 2.05) is 31.4 Å². The number of hydrogen-bond acceptors (Lipinski definition) is 5. The standard InChI is InChI=1S/C20H24N2O4S/c1-14(2)12-21-20(25)16-7-3-4-8-17(16)22-18(23)13-26-19(24)10-9-15-6-5-11-27-15/h3-8,11,14H,9-10,12-13H2,1-2H3,(H,21,25)(H,22,23). The molecule has 144 valence electrons. The Morgan fingerprint density at radius 1 is 1.11 bits per heavy atom. The molecule has 0 aliphatic rings. The van der Waals surface area contributed by atoms with Crippen LogP contribution in [0.5, 0.6) is 0 Å². The van der Waals surface area contributed by atoms with Crippen LogP contribution in [0.15, 0.2) is 41.8 Å². The average Bonchev–Trinajstić information content (AvgIpc) is 3.17. The summed E-state index contributed by atoms with van der Waals surface area (Å²) in [6.45, 7) is 4.16. The zero-order chi connectivity index (χ0) is 19.6. The van der Waals surface area contributed by atoms with Crippen molar-refractivity contribution in [2.75, 3.05) is 18.5 Å². The van der Waals surface area contributed by atoms with E-state index in [1.165, 1.54) is 0 Å². The van der Waals surface area contributed by atoms with E-state index in [-0.39, 0.29) is 18.9 Å². The molecule has 0 unspecified atom stereocenters. The molecule has 6 nitrogen and oxygen atoms in total. The first kappa shape index (κ1) is 20.6. The molecule has 2 N–H and O–H groups in total. The van der Waals surface area contributed by atoms with E-state index in [1.54, 1.807) is 35.6 Å². The zero-order valence-corrected chi connectivity index (χ0v) is 16.3. The lowest BCUT2D eigenvalue weighted by Crippen LogP contribution is -2.29. The Morgan fingerprint density at radius 3 is 2.59 bits per heavy atom. The highest BCUT2D eigenvalue weighted by Crippen LogP contribution is 2.15. The molecule has 1 heterocycles. The van der Waals surface area contributed by atoms with E-state index in [9.17, 15) is 14.4 Å². The number of anilines is 1. The number of carbonyl (C=O) groups is 3. The predicted molar refractivity (Wildman–Crippen MR) is 106 cm³/mol. The number of ether oxygens (including phenoxy) is 1. The third-order valence-corrected chi connectivity index (χ3v) is 4.57. The smallest absolute Gasteiger partial charge is 0.306 e. The molecule has 2 rings (SSSR count). The van der Waals surface area contributed by atoms with Crippen LogP contribution in [0.25, 0.3) is 0 Å². The number of hydrogen-bond donors (Lipinski definition) is 2. The Morgan fingerprint density at radius 2 is 1.89 bits per heavy atom. The van der Waals surface area contributed by atoms with Gasteiger partial charge in [0.15, 0.2) is 6.61 Å². The summed E-state index contributed by atoms with van der Waals surface area (Å²) in [6.07, 6.45) is 0.818. The topological polar surface area (TPSA) is 84.5 Å². The molecule has 27 heavy (non-hydrogen) atoms. The minimum atomic E-state index is -0.483. The molecule has 0 fully saturated rings. The highest BCUT2D eigenvalue weighted by molar-refractivity contribution is 7.09. The summed E-state index contributed by atoms with van der Waals surface area (Å²) in [5.74, 6) is -0.845. The van der Waals surface area contributed by atoms with Crippen LogP contribution in [-0.4, -0.2) is 30.9 Å². The third-order valence-electron chi connectivity index (χ3n) is 3.64. The molecule has 7 heteroatoms. The van der Waals surface area contributed by atoms with Crippen LogP contribution in [0, 0.1) is 5.92 Å². The number of aryl methyl sites for hydroxylation is 1. The van der Waals surface area contributed by atoms with Gasteiger partial charge in [0.2, 0.25) is 0 Å². The summed E-state index contributed by atoms with van der Waals surface area (Å²) in [7, 11) is 0. The van der Waals surface area contributed by atoms with E-state index >= 15 is 0 Å². The monoisotopic (exact) mass is 388 g/mol. The fraction of sp³-hybridized carbons (Fsp3) is 0.350. The first-order valence-electron chi connectivity index (χ1n) is 8.80. The summed E-state index contributed by atoms with van der Waals surface area (Å²) >= 11 is 1.58. The Balaban J connectivity index is 1.82. The van der Waals surface area contributed by atoms with Crippen LogP contribution in [0.1, 0.15) is 35.5 Å². The first-order valence-corrected chi connectivity index (χ1v) is 9.68. The van der Waals surface area contributed by atoms with Crippen molar-refractivity contribution in [3.8, 4) is 0 Å². The quantitative estimate of drug-likeness (QED) is 0.646. The normalized spacial score (nSPS) is 10.5. The highest BCUT2D eigenvalue weighted by Gasteiger charge is 2.14. The number of rotatable bonds is 9. The Hall–Kier alpha value is -2.67.